The van der Waals surface area contributed by atoms with E-state index in [1.165, 1.54) is 0 Å². The molecule has 0 aromatic carbocycles. The summed E-state index contributed by atoms with van der Waals surface area (Å²) in [5, 5.41) is 2.86. The Morgan fingerprint density at radius 3 is 2.94 bits per heavy atom. The molecule has 1 aromatic rings. The van der Waals surface area contributed by atoms with Crippen LogP contribution in [0.4, 0.5) is 0 Å². The Morgan fingerprint density at radius 1 is 1.53 bits per heavy atom. The third-order valence-electron chi connectivity index (χ3n) is 2.32. The Hall–Kier alpha value is -1.46. The van der Waals surface area contributed by atoms with Crippen LogP contribution in [0.1, 0.15) is 16.1 Å². The molecule has 3 N–H and O–H groups in total. The molecule has 17 heavy (non-hydrogen) atoms. The average molecular weight is 236 g/mol. The Kier molecular flexibility index (Phi) is 5.59. The lowest BCUT2D eigenvalue weighted by Crippen LogP contribution is -2.31. The SMILES string of the molecule is CN(C)CCNC(=O)c1ccnc(CCN)c1. The number of nitrogens with two attached hydrogens (primary N) is 1. The fourth-order valence-electron chi connectivity index (χ4n) is 1.40. The van der Waals surface area contributed by atoms with E-state index >= 15 is 0 Å². The average Bonchev–Trinajstić information content (AvgIpc) is 2.29. The number of likely N-dealkylation sites (N-methyl/N-ethyl adjacent to an activating group) is 1. The quantitative estimate of drug-likeness (QED) is 0.722. The van der Waals surface area contributed by atoms with E-state index in [0.717, 1.165) is 12.2 Å². The fraction of sp³-hybridized carbons (Fsp3) is 0.500. The van der Waals surface area contributed by atoms with Gasteiger partial charge in [0.1, 0.15) is 0 Å². The van der Waals surface area contributed by atoms with Crippen LogP contribution in [-0.2, 0) is 6.42 Å². The molecule has 0 radical (unpaired) electrons. The largest absolute Gasteiger partial charge is 0.351 e. The predicted octanol–water partition coefficient (Wildman–Crippen LogP) is -0.126. The second kappa shape index (κ2) is 6.98. The van der Waals surface area contributed by atoms with Gasteiger partial charge in [0.25, 0.3) is 5.91 Å². The molecule has 1 heterocycles. The van der Waals surface area contributed by atoms with E-state index in [4.69, 9.17) is 5.73 Å². The second-order valence-corrected chi connectivity index (χ2v) is 4.13. The van der Waals surface area contributed by atoms with Crippen molar-refractivity contribution in [3.63, 3.8) is 0 Å². The first-order valence-corrected chi connectivity index (χ1v) is 5.71. The van der Waals surface area contributed by atoms with E-state index in [0.29, 0.717) is 25.1 Å². The summed E-state index contributed by atoms with van der Waals surface area (Å²) >= 11 is 0. The van der Waals surface area contributed by atoms with Crippen LogP contribution in [0.5, 0.6) is 0 Å². The van der Waals surface area contributed by atoms with Crippen LogP contribution in [0.2, 0.25) is 0 Å². The van der Waals surface area contributed by atoms with Gasteiger partial charge in [0.05, 0.1) is 0 Å². The first kappa shape index (κ1) is 13.6. The molecule has 0 unspecified atom stereocenters. The van der Waals surface area contributed by atoms with E-state index in [1.807, 2.05) is 19.0 Å². The maximum atomic E-state index is 11.8. The van der Waals surface area contributed by atoms with Gasteiger partial charge >= 0.3 is 0 Å². The molecular weight excluding hydrogens is 216 g/mol. The van der Waals surface area contributed by atoms with E-state index in [2.05, 4.69) is 10.3 Å². The molecule has 5 nitrogen and oxygen atoms in total. The van der Waals surface area contributed by atoms with E-state index in [1.54, 1.807) is 18.3 Å². The zero-order chi connectivity index (χ0) is 12.7. The summed E-state index contributed by atoms with van der Waals surface area (Å²) in [5.74, 6) is -0.0625. The fourth-order valence-corrected chi connectivity index (χ4v) is 1.40. The van der Waals surface area contributed by atoms with Crippen molar-refractivity contribution in [2.24, 2.45) is 5.73 Å². The minimum absolute atomic E-state index is 0.0625. The highest BCUT2D eigenvalue weighted by molar-refractivity contribution is 5.94. The standard InChI is InChI=1S/C12H20N4O/c1-16(2)8-7-15-12(17)10-4-6-14-11(9-10)3-5-13/h4,6,9H,3,5,7-8,13H2,1-2H3,(H,15,17). The maximum absolute atomic E-state index is 11.8. The van der Waals surface area contributed by atoms with Crippen molar-refractivity contribution in [3.8, 4) is 0 Å². The first-order valence-electron chi connectivity index (χ1n) is 5.71. The molecule has 0 aliphatic rings. The van der Waals surface area contributed by atoms with Gasteiger partial charge < -0.3 is 16.0 Å². The number of rotatable bonds is 6. The molecule has 0 atom stereocenters. The van der Waals surface area contributed by atoms with Gasteiger partial charge in [-0.15, -0.1) is 0 Å². The highest BCUT2D eigenvalue weighted by atomic mass is 16.1. The molecule has 1 rings (SSSR count). The zero-order valence-corrected chi connectivity index (χ0v) is 10.4. The zero-order valence-electron chi connectivity index (χ0n) is 10.4. The highest BCUT2D eigenvalue weighted by Gasteiger charge is 2.06. The van der Waals surface area contributed by atoms with Crippen LogP contribution >= 0.6 is 0 Å². The van der Waals surface area contributed by atoms with Gasteiger partial charge in [0.15, 0.2) is 0 Å². The Labute approximate surface area is 102 Å². The van der Waals surface area contributed by atoms with Crippen LogP contribution in [0.3, 0.4) is 0 Å². The van der Waals surface area contributed by atoms with Gasteiger partial charge in [-0.3, -0.25) is 9.78 Å². The minimum Gasteiger partial charge on any atom is -0.351 e. The van der Waals surface area contributed by atoms with Crippen molar-refractivity contribution >= 4 is 5.91 Å². The van der Waals surface area contributed by atoms with Crippen molar-refractivity contribution in [2.45, 2.75) is 6.42 Å². The van der Waals surface area contributed by atoms with Gasteiger partial charge in [0.2, 0.25) is 0 Å². The lowest BCUT2D eigenvalue weighted by molar-refractivity contribution is 0.0951. The molecule has 0 saturated heterocycles. The Bertz CT molecular complexity index is 365. The summed E-state index contributed by atoms with van der Waals surface area (Å²) in [6, 6.07) is 3.50. The molecular formula is C12H20N4O. The van der Waals surface area contributed by atoms with E-state index < -0.39 is 0 Å². The number of hydrogen-bond acceptors (Lipinski definition) is 4. The van der Waals surface area contributed by atoms with Gasteiger partial charge in [-0.1, -0.05) is 0 Å². The molecule has 0 spiro atoms. The number of pyridine rings is 1. The van der Waals surface area contributed by atoms with E-state index in [9.17, 15) is 4.79 Å². The molecule has 5 heteroatoms. The van der Waals surface area contributed by atoms with Crippen molar-refractivity contribution in [3.05, 3.63) is 29.6 Å². The number of carbonyl (C=O) groups excluding carboxylic acids is 1. The molecule has 1 aromatic heterocycles. The monoisotopic (exact) mass is 236 g/mol. The first-order chi connectivity index (χ1) is 8.13. The number of amides is 1. The second-order valence-electron chi connectivity index (χ2n) is 4.13. The summed E-state index contributed by atoms with van der Waals surface area (Å²) in [5.41, 5.74) is 6.95. The van der Waals surface area contributed by atoms with Gasteiger partial charge in [-0.05, 0) is 32.8 Å². The van der Waals surface area contributed by atoms with Crippen LogP contribution in [0, 0.1) is 0 Å². The van der Waals surface area contributed by atoms with Crippen LogP contribution in [-0.4, -0.2) is 49.5 Å². The van der Waals surface area contributed by atoms with E-state index in [-0.39, 0.29) is 5.91 Å². The normalized spacial score (nSPS) is 10.6. The van der Waals surface area contributed by atoms with Crippen LogP contribution < -0.4 is 11.1 Å². The number of aromatic nitrogens is 1. The predicted molar refractivity (Wildman–Crippen MR) is 67.9 cm³/mol. The molecule has 0 aliphatic heterocycles. The third kappa shape index (κ3) is 4.93. The highest BCUT2D eigenvalue weighted by Crippen LogP contribution is 2.02. The minimum atomic E-state index is -0.0625. The number of nitrogens with zero attached hydrogens (tertiary/aromatic N) is 2. The van der Waals surface area contributed by atoms with Gasteiger partial charge in [0, 0.05) is 37.0 Å². The molecule has 0 fully saturated rings. The molecule has 94 valence electrons. The lowest BCUT2D eigenvalue weighted by atomic mass is 10.2. The van der Waals surface area contributed by atoms with Crippen molar-refractivity contribution in [1.29, 1.82) is 0 Å². The molecule has 0 aliphatic carbocycles. The molecule has 0 bridgehead atoms. The van der Waals surface area contributed by atoms with Gasteiger partial charge in [-0.25, -0.2) is 0 Å². The Morgan fingerprint density at radius 2 is 2.29 bits per heavy atom. The smallest absolute Gasteiger partial charge is 0.251 e. The lowest BCUT2D eigenvalue weighted by Gasteiger charge is -2.10. The summed E-state index contributed by atoms with van der Waals surface area (Å²) in [6.45, 7) is 2.01. The number of carbonyl (C=O) groups is 1. The summed E-state index contributed by atoms with van der Waals surface area (Å²) in [6.07, 6.45) is 2.34. The Balaban J connectivity index is 2.53. The van der Waals surface area contributed by atoms with Crippen molar-refractivity contribution < 1.29 is 4.79 Å². The van der Waals surface area contributed by atoms with Crippen molar-refractivity contribution in [2.75, 3.05) is 33.7 Å². The number of nitrogens with one attached hydrogen (secondary N) is 1. The van der Waals surface area contributed by atoms with Crippen LogP contribution in [0.15, 0.2) is 18.3 Å². The third-order valence-corrected chi connectivity index (χ3v) is 2.32. The van der Waals surface area contributed by atoms with Gasteiger partial charge in [-0.2, -0.15) is 0 Å². The summed E-state index contributed by atoms with van der Waals surface area (Å²) in [7, 11) is 3.94. The number of hydrogen-bond donors (Lipinski definition) is 2. The maximum Gasteiger partial charge on any atom is 0.251 e. The molecule has 0 saturated carbocycles. The molecule has 1 amide bonds. The van der Waals surface area contributed by atoms with Crippen molar-refractivity contribution in [1.82, 2.24) is 15.2 Å². The van der Waals surface area contributed by atoms with Crippen LogP contribution in [0.25, 0.3) is 0 Å². The topological polar surface area (TPSA) is 71.2 Å². The summed E-state index contributed by atoms with van der Waals surface area (Å²) in [4.78, 5) is 18.0. The summed E-state index contributed by atoms with van der Waals surface area (Å²) < 4.78 is 0.